The summed E-state index contributed by atoms with van der Waals surface area (Å²) >= 11 is 0. The molecule has 4 N–H and O–H groups in total. The van der Waals surface area contributed by atoms with Gasteiger partial charge in [-0.3, -0.25) is 14.8 Å². The van der Waals surface area contributed by atoms with Crippen molar-refractivity contribution in [1.82, 2.24) is 10.2 Å². The number of hydrogen-bond donors (Lipinski definition) is 4. The molecule has 0 aliphatic carbocycles. The zero-order valence-corrected chi connectivity index (χ0v) is 15.0. The van der Waals surface area contributed by atoms with Gasteiger partial charge in [0.05, 0.1) is 12.0 Å². The number of carboxylic acids is 1. The van der Waals surface area contributed by atoms with Crippen LogP contribution in [0.4, 0.5) is 0 Å². The minimum Gasteiger partial charge on any atom is -0.497 e. The summed E-state index contributed by atoms with van der Waals surface area (Å²) in [5.74, 6) is -2.01. The first-order valence-electron chi connectivity index (χ1n) is 7.47. The highest BCUT2D eigenvalue weighted by Crippen LogP contribution is 2.24. The average Bonchev–Trinajstić information content (AvgIpc) is 2.56. The number of nitrogens with one attached hydrogen (secondary N) is 2. The number of rotatable bonds is 9. The zero-order valence-electron chi connectivity index (χ0n) is 14.1. The van der Waals surface area contributed by atoms with E-state index in [-0.39, 0.29) is 23.3 Å². The fourth-order valence-electron chi connectivity index (χ4n) is 2.17. The molecule has 10 heteroatoms. The van der Waals surface area contributed by atoms with Crippen molar-refractivity contribution >= 4 is 21.9 Å². The molecule has 1 atom stereocenters. The van der Waals surface area contributed by atoms with Gasteiger partial charge >= 0.3 is 5.97 Å². The number of carboxylic acid groups (broad SMARTS) is 1. The van der Waals surface area contributed by atoms with E-state index in [1.807, 2.05) is 0 Å². The first-order valence-corrected chi connectivity index (χ1v) is 8.95. The summed E-state index contributed by atoms with van der Waals surface area (Å²) in [6.45, 7) is 3.23. The van der Waals surface area contributed by atoms with Crippen LogP contribution in [0.3, 0.4) is 0 Å². The van der Waals surface area contributed by atoms with Gasteiger partial charge in [0, 0.05) is 6.42 Å². The molecule has 0 bridgehead atoms. The third-order valence-corrected chi connectivity index (χ3v) is 5.05. The van der Waals surface area contributed by atoms with Gasteiger partial charge < -0.3 is 9.84 Å². The van der Waals surface area contributed by atoms with Gasteiger partial charge in [-0.2, -0.15) is 4.72 Å². The van der Waals surface area contributed by atoms with E-state index < -0.39 is 33.9 Å². The molecule has 0 radical (unpaired) electrons. The van der Waals surface area contributed by atoms with Gasteiger partial charge in [-0.05, 0) is 36.1 Å². The van der Waals surface area contributed by atoms with Crippen LogP contribution in [-0.2, 0) is 26.0 Å². The first kappa shape index (κ1) is 20.9. The van der Waals surface area contributed by atoms with Gasteiger partial charge in [-0.15, -0.1) is 0 Å². The van der Waals surface area contributed by atoms with Crippen LogP contribution in [0, 0.1) is 5.92 Å². The molecule has 1 aromatic rings. The van der Waals surface area contributed by atoms with Crippen molar-refractivity contribution in [2.45, 2.75) is 37.6 Å². The van der Waals surface area contributed by atoms with E-state index in [4.69, 9.17) is 15.1 Å². The van der Waals surface area contributed by atoms with E-state index in [1.54, 1.807) is 13.8 Å². The molecule has 1 aromatic carbocycles. The summed E-state index contributed by atoms with van der Waals surface area (Å²) < 4.78 is 32.6. The van der Waals surface area contributed by atoms with E-state index in [2.05, 4.69) is 4.72 Å². The number of hydroxylamine groups is 1. The van der Waals surface area contributed by atoms with Crippen molar-refractivity contribution in [3.05, 3.63) is 23.8 Å². The van der Waals surface area contributed by atoms with Crippen molar-refractivity contribution in [1.29, 1.82) is 0 Å². The minimum absolute atomic E-state index is 0.0265. The number of hydrogen-bond acceptors (Lipinski definition) is 6. The lowest BCUT2D eigenvalue weighted by molar-refractivity contribution is -0.137. The lowest BCUT2D eigenvalue weighted by Crippen LogP contribution is -2.48. The number of ether oxygens (including phenoxy) is 1. The highest BCUT2D eigenvalue weighted by atomic mass is 32.2. The fourth-order valence-corrected chi connectivity index (χ4v) is 3.77. The molecule has 0 saturated heterocycles. The second-order valence-corrected chi connectivity index (χ2v) is 7.37. The van der Waals surface area contributed by atoms with Crippen LogP contribution in [-0.4, -0.2) is 43.8 Å². The quantitative estimate of drug-likeness (QED) is 0.364. The number of aliphatic carboxylic acids is 1. The molecular formula is C15H22N2O7S. The standard InChI is InChI=1S/C15H22N2O7S/c1-9(2)14(15(20)16-21)17-25(22,23)12-6-5-11(24-3)8-10(12)4-7-13(18)19/h5-6,8-9,14,17,21H,4,7H2,1-3H3,(H,16,20)(H,18,19)/t14-/m1/s1. The third-order valence-electron chi connectivity index (χ3n) is 3.51. The second kappa shape index (κ2) is 8.79. The largest absolute Gasteiger partial charge is 0.497 e. The van der Waals surface area contributed by atoms with Gasteiger partial charge in [0.2, 0.25) is 10.0 Å². The second-order valence-electron chi connectivity index (χ2n) is 5.69. The van der Waals surface area contributed by atoms with E-state index in [0.29, 0.717) is 5.75 Å². The lowest BCUT2D eigenvalue weighted by atomic mass is 10.1. The van der Waals surface area contributed by atoms with Crippen LogP contribution in [0.5, 0.6) is 5.75 Å². The first-order chi connectivity index (χ1) is 11.6. The van der Waals surface area contributed by atoms with Crippen LogP contribution in [0.25, 0.3) is 0 Å². The Morgan fingerprint density at radius 2 is 1.92 bits per heavy atom. The Morgan fingerprint density at radius 3 is 2.40 bits per heavy atom. The molecule has 0 aromatic heterocycles. The number of methoxy groups -OCH3 is 1. The van der Waals surface area contributed by atoms with Crippen molar-refractivity contribution in [3.63, 3.8) is 0 Å². The molecule has 9 nitrogen and oxygen atoms in total. The molecule has 0 aliphatic heterocycles. The zero-order chi connectivity index (χ0) is 19.2. The van der Waals surface area contributed by atoms with Gasteiger partial charge in [-0.1, -0.05) is 13.8 Å². The van der Waals surface area contributed by atoms with Crippen molar-refractivity contribution < 1.29 is 33.1 Å². The van der Waals surface area contributed by atoms with E-state index in [0.717, 1.165) is 0 Å². The number of aryl methyl sites for hydroxylation is 1. The maximum atomic E-state index is 12.7. The highest BCUT2D eigenvalue weighted by Gasteiger charge is 2.29. The maximum Gasteiger partial charge on any atom is 0.303 e. The number of carbonyl (C=O) groups excluding carboxylic acids is 1. The Morgan fingerprint density at radius 1 is 1.28 bits per heavy atom. The van der Waals surface area contributed by atoms with Gasteiger partial charge in [0.1, 0.15) is 11.8 Å². The molecule has 0 saturated carbocycles. The summed E-state index contributed by atoms with van der Waals surface area (Å²) in [5, 5.41) is 17.6. The van der Waals surface area contributed by atoms with Crippen LogP contribution in [0.2, 0.25) is 0 Å². The summed E-state index contributed by atoms with van der Waals surface area (Å²) in [6.07, 6.45) is -0.290. The van der Waals surface area contributed by atoms with Crippen molar-refractivity contribution in [2.24, 2.45) is 5.92 Å². The van der Waals surface area contributed by atoms with Crippen LogP contribution in [0.15, 0.2) is 23.1 Å². The monoisotopic (exact) mass is 374 g/mol. The predicted molar refractivity (Wildman–Crippen MR) is 87.8 cm³/mol. The fraction of sp³-hybridized carbons (Fsp3) is 0.467. The Labute approximate surface area is 146 Å². The van der Waals surface area contributed by atoms with Crippen molar-refractivity contribution in [3.8, 4) is 5.75 Å². The van der Waals surface area contributed by atoms with E-state index in [1.165, 1.54) is 30.8 Å². The van der Waals surface area contributed by atoms with E-state index >= 15 is 0 Å². The molecule has 0 spiro atoms. The Hall–Kier alpha value is -2.17. The maximum absolute atomic E-state index is 12.7. The summed E-state index contributed by atoms with van der Waals surface area (Å²) in [4.78, 5) is 22.3. The summed E-state index contributed by atoms with van der Waals surface area (Å²) in [7, 11) is -2.73. The normalized spacial score (nSPS) is 12.7. The molecule has 0 fully saturated rings. The van der Waals surface area contributed by atoms with Crippen molar-refractivity contribution in [2.75, 3.05) is 7.11 Å². The van der Waals surface area contributed by atoms with Crippen LogP contribution >= 0.6 is 0 Å². The molecule has 1 rings (SSSR count). The average molecular weight is 374 g/mol. The predicted octanol–water partition coefficient (Wildman–Crippen LogP) is 0.521. The van der Waals surface area contributed by atoms with Crippen LogP contribution < -0.4 is 14.9 Å². The molecule has 1 amide bonds. The summed E-state index contributed by atoms with van der Waals surface area (Å²) in [6, 6.07) is 2.96. The van der Waals surface area contributed by atoms with Gasteiger partial charge in [0.25, 0.3) is 5.91 Å². The Bertz CT molecular complexity index is 731. The molecule has 140 valence electrons. The number of sulfonamides is 1. The molecule has 25 heavy (non-hydrogen) atoms. The Kier molecular flexibility index (Phi) is 7.34. The summed E-state index contributed by atoms with van der Waals surface area (Å²) in [5.41, 5.74) is 1.68. The SMILES string of the molecule is COc1ccc(S(=O)(=O)N[C@@H](C(=O)NO)C(C)C)c(CCC(=O)O)c1. The van der Waals surface area contributed by atoms with Crippen LogP contribution in [0.1, 0.15) is 25.8 Å². The molecular weight excluding hydrogens is 352 g/mol. The lowest BCUT2D eigenvalue weighted by Gasteiger charge is -2.21. The number of carbonyl (C=O) groups is 2. The smallest absolute Gasteiger partial charge is 0.303 e. The number of amides is 1. The number of benzene rings is 1. The highest BCUT2D eigenvalue weighted by molar-refractivity contribution is 7.89. The molecule has 0 aliphatic rings. The molecule has 0 unspecified atom stereocenters. The van der Waals surface area contributed by atoms with Gasteiger partial charge in [0.15, 0.2) is 0 Å². The molecule has 0 heterocycles. The van der Waals surface area contributed by atoms with Gasteiger partial charge in [-0.25, -0.2) is 13.9 Å². The minimum atomic E-state index is -4.13. The topological polar surface area (TPSA) is 142 Å². The Balaban J connectivity index is 3.26. The van der Waals surface area contributed by atoms with E-state index in [9.17, 15) is 18.0 Å². The third kappa shape index (κ3) is 5.69.